The van der Waals surface area contributed by atoms with Crippen LogP contribution in [-0.4, -0.2) is 13.7 Å². The molecule has 0 amide bonds. The zero-order valence-corrected chi connectivity index (χ0v) is 9.91. The Kier molecular flexibility index (Phi) is 3.80. The summed E-state index contributed by atoms with van der Waals surface area (Å²) in [4.78, 5) is 5.30. The quantitative estimate of drug-likeness (QED) is 0.527. The maximum Gasteiger partial charge on any atom is 0.0863 e. The van der Waals surface area contributed by atoms with Crippen molar-refractivity contribution in [3.8, 4) is 0 Å². The molecule has 0 heterocycles. The van der Waals surface area contributed by atoms with E-state index in [2.05, 4.69) is 22.6 Å². The van der Waals surface area contributed by atoms with Crippen LogP contribution in [0, 0.1) is 3.57 Å². The van der Waals surface area contributed by atoms with E-state index in [-0.39, 0.29) is 0 Å². The van der Waals surface area contributed by atoms with Crippen molar-refractivity contribution in [2.75, 3.05) is 24.5 Å². The predicted octanol–water partition coefficient (Wildman–Crippen LogP) is 2.26. The van der Waals surface area contributed by atoms with Gasteiger partial charge in [-0.1, -0.05) is 0 Å². The van der Waals surface area contributed by atoms with E-state index in [0.717, 1.165) is 14.9 Å². The lowest BCUT2D eigenvalue weighted by molar-refractivity contribution is 0.135. The Morgan fingerprint density at radius 2 is 2.23 bits per heavy atom. The zero-order valence-electron chi connectivity index (χ0n) is 7.75. The number of nitrogens with two attached hydrogens (primary N) is 1. The summed E-state index contributed by atoms with van der Waals surface area (Å²) in [6.07, 6.45) is 0. The van der Waals surface area contributed by atoms with Crippen LogP contribution in [0.25, 0.3) is 0 Å². The first-order valence-electron chi connectivity index (χ1n) is 4.06. The Labute approximate surface area is 92.0 Å². The summed E-state index contributed by atoms with van der Waals surface area (Å²) in [7, 11) is 1.85. The van der Waals surface area contributed by atoms with Gasteiger partial charge in [-0.05, 0) is 47.7 Å². The molecule has 0 radical (unpaired) electrons. The highest BCUT2D eigenvalue weighted by Gasteiger charge is 2.04. The summed E-state index contributed by atoms with van der Waals surface area (Å²) >= 11 is 2.23. The summed E-state index contributed by atoms with van der Waals surface area (Å²) in [5, 5.41) is 1.69. The van der Waals surface area contributed by atoms with Crippen molar-refractivity contribution in [3.63, 3.8) is 0 Å². The molecule has 0 saturated carbocycles. The van der Waals surface area contributed by atoms with E-state index in [1.165, 1.54) is 0 Å². The van der Waals surface area contributed by atoms with Crippen molar-refractivity contribution < 1.29 is 4.84 Å². The summed E-state index contributed by atoms with van der Waals surface area (Å²) in [6.45, 7) is 2.58. The van der Waals surface area contributed by atoms with Gasteiger partial charge in [0.05, 0.1) is 18.0 Å². The number of halogens is 1. The van der Waals surface area contributed by atoms with Crippen LogP contribution in [0.3, 0.4) is 0 Å². The Balaban J connectivity index is 2.88. The van der Waals surface area contributed by atoms with Crippen LogP contribution in [0.4, 0.5) is 11.4 Å². The van der Waals surface area contributed by atoms with E-state index in [1.807, 2.05) is 32.2 Å². The van der Waals surface area contributed by atoms with Gasteiger partial charge in [0.2, 0.25) is 0 Å². The summed E-state index contributed by atoms with van der Waals surface area (Å²) < 4.78 is 1.13. The normalized spacial score (nSPS) is 10.1. The van der Waals surface area contributed by atoms with Crippen molar-refractivity contribution in [1.82, 2.24) is 0 Å². The molecule has 0 spiro atoms. The Hall–Kier alpha value is -0.490. The molecule has 3 nitrogen and oxygen atoms in total. The van der Waals surface area contributed by atoms with Crippen LogP contribution in [0.5, 0.6) is 0 Å². The summed E-state index contributed by atoms with van der Waals surface area (Å²) in [5.74, 6) is 0. The van der Waals surface area contributed by atoms with Gasteiger partial charge in [-0.25, -0.2) is 0 Å². The monoisotopic (exact) mass is 292 g/mol. The van der Waals surface area contributed by atoms with Crippen molar-refractivity contribution in [3.05, 3.63) is 21.8 Å². The molecule has 1 rings (SSSR count). The molecule has 0 aliphatic carbocycles. The lowest BCUT2D eigenvalue weighted by atomic mass is 10.3. The lowest BCUT2D eigenvalue weighted by Crippen LogP contribution is -2.18. The highest BCUT2D eigenvalue weighted by Crippen LogP contribution is 2.24. The molecule has 0 aliphatic heterocycles. The first-order valence-corrected chi connectivity index (χ1v) is 5.14. The average molecular weight is 292 g/mol. The number of nitrogen functional groups attached to an aromatic ring is 1. The van der Waals surface area contributed by atoms with Crippen molar-refractivity contribution in [2.45, 2.75) is 6.92 Å². The third-order valence-corrected chi connectivity index (χ3v) is 2.32. The summed E-state index contributed by atoms with van der Waals surface area (Å²) in [6, 6.07) is 5.87. The SMILES string of the molecule is CCON(C)c1ccc(I)cc1N. The van der Waals surface area contributed by atoms with Crippen LogP contribution < -0.4 is 10.8 Å². The second-order valence-corrected chi connectivity index (χ2v) is 3.86. The third kappa shape index (κ3) is 2.73. The number of rotatable bonds is 3. The first kappa shape index (κ1) is 10.6. The van der Waals surface area contributed by atoms with Crippen molar-refractivity contribution in [2.24, 2.45) is 0 Å². The Morgan fingerprint density at radius 1 is 1.54 bits per heavy atom. The molecule has 72 valence electrons. The van der Waals surface area contributed by atoms with Crippen LogP contribution in [0.2, 0.25) is 0 Å². The van der Waals surface area contributed by atoms with E-state index >= 15 is 0 Å². The van der Waals surface area contributed by atoms with Crippen LogP contribution in [-0.2, 0) is 4.84 Å². The van der Waals surface area contributed by atoms with Gasteiger partial charge in [-0.15, -0.1) is 0 Å². The lowest BCUT2D eigenvalue weighted by Gasteiger charge is -2.19. The molecule has 0 aromatic heterocycles. The fourth-order valence-electron chi connectivity index (χ4n) is 1.08. The number of anilines is 2. The predicted molar refractivity (Wildman–Crippen MR) is 63.6 cm³/mol. The van der Waals surface area contributed by atoms with Gasteiger partial charge < -0.3 is 5.73 Å². The molecule has 0 bridgehead atoms. The molecule has 0 saturated heterocycles. The molecule has 0 unspecified atom stereocenters. The second-order valence-electron chi connectivity index (χ2n) is 2.62. The molecule has 1 aromatic rings. The molecule has 4 heteroatoms. The third-order valence-electron chi connectivity index (χ3n) is 1.65. The van der Waals surface area contributed by atoms with Gasteiger partial charge in [0, 0.05) is 10.6 Å². The van der Waals surface area contributed by atoms with Gasteiger partial charge in [0.15, 0.2) is 0 Å². The topological polar surface area (TPSA) is 38.5 Å². The number of nitrogens with zero attached hydrogens (tertiary/aromatic N) is 1. The average Bonchev–Trinajstić information content (AvgIpc) is 2.04. The molecular weight excluding hydrogens is 279 g/mol. The Bertz CT molecular complexity index is 291. The maximum absolute atomic E-state index is 5.83. The fraction of sp³-hybridized carbons (Fsp3) is 0.333. The molecular formula is C9H13IN2O. The van der Waals surface area contributed by atoms with Gasteiger partial charge in [-0.2, -0.15) is 0 Å². The number of hydrogen-bond donors (Lipinski definition) is 1. The van der Waals surface area contributed by atoms with E-state index < -0.39 is 0 Å². The van der Waals surface area contributed by atoms with Crippen molar-refractivity contribution in [1.29, 1.82) is 0 Å². The van der Waals surface area contributed by atoms with Crippen LogP contribution in [0.1, 0.15) is 6.92 Å². The van der Waals surface area contributed by atoms with E-state index in [1.54, 1.807) is 5.06 Å². The van der Waals surface area contributed by atoms with Crippen LogP contribution >= 0.6 is 22.6 Å². The van der Waals surface area contributed by atoms with Gasteiger partial charge in [0.25, 0.3) is 0 Å². The minimum atomic E-state index is 0.641. The maximum atomic E-state index is 5.83. The Morgan fingerprint density at radius 3 is 2.77 bits per heavy atom. The molecule has 13 heavy (non-hydrogen) atoms. The largest absolute Gasteiger partial charge is 0.397 e. The van der Waals surface area contributed by atoms with E-state index in [9.17, 15) is 0 Å². The van der Waals surface area contributed by atoms with E-state index in [0.29, 0.717) is 6.61 Å². The van der Waals surface area contributed by atoms with E-state index in [4.69, 9.17) is 10.6 Å². The molecule has 2 N–H and O–H groups in total. The highest BCUT2D eigenvalue weighted by molar-refractivity contribution is 14.1. The summed E-state index contributed by atoms with van der Waals surface area (Å²) in [5.41, 5.74) is 7.47. The molecule has 0 fully saturated rings. The second kappa shape index (κ2) is 4.66. The first-order chi connectivity index (χ1) is 6.15. The number of hydroxylamine groups is 1. The minimum Gasteiger partial charge on any atom is -0.397 e. The molecule has 1 aromatic carbocycles. The smallest absolute Gasteiger partial charge is 0.0863 e. The number of benzene rings is 1. The fourth-order valence-corrected chi connectivity index (χ4v) is 1.59. The van der Waals surface area contributed by atoms with Crippen LogP contribution in [0.15, 0.2) is 18.2 Å². The van der Waals surface area contributed by atoms with Gasteiger partial charge in [0.1, 0.15) is 0 Å². The van der Waals surface area contributed by atoms with Gasteiger partial charge >= 0.3 is 0 Å². The molecule has 0 aliphatic rings. The van der Waals surface area contributed by atoms with Gasteiger partial charge in [-0.3, -0.25) is 9.90 Å². The highest BCUT2D eigenvalue weighted by atomic mass is 127. The standard InChI is InChI=1S/C9H13IN2O/c1-3-13-12(2)9-5-4-7(10)6-8(9)11/h4-6H,3,11H2,1-2H3. The zero-order chi connectivity index (χ0) is 9.84. The molecule has 0 atom stereocenters. The minimum absolute atomic E-state index is 0.641. The van der Waals surface area contributed by atoms with Crippen molar-refractivity contribution >= 4 is 34.0 Å². The number of hydrogen-bond acceptors (Lipinski definition) is 3.